The minimum atomic E-state index is -0.442. The van der Waals surface area contributed by atoms with Crippen LogP contribution in [-0.4, -0.2) is 38.4 Å². The van der Waals surface area contributed by atoms with Gasteiger partial charge in [-0.1, -0.05) is 0 Å². The summed E-state index contributed by atoms with van der Waals surface area (Å²) in [4.78, 5) is 40.7. The molecule has 28 heavy (non-hydrogen) atoms. The third-order valence-corrected chi connectivity index (χ3v) is 3.44. The largest absolute Gasteiger partial charge is 0.338 e. The van der Waals surface area contributed by atoms with E-state index in [2.05, 4.69) is 41.2 Å². The first-order valence-electron chi connectivity index (χ1n) is 8.46. The summed E-state index contributed by atoms with van der Waals surface area (Å²) in [5.41, 5.74) is 1.35. The van der Waals surface area contributed by atoms with Crippen LogP contribution in [0.25, 0.3) is 0 Å². The van der Waals surface area contributed by atoms with Gasteiger partial charge in [0, 0.05) is 25.1 Å². The smallest absolute Gasteiger partial charge is 0.321 e. The van der Waals surface area contributed by atoms with Crippen LogP contribution < -0.4 is 21.3 Å². The monoisotopic (exact) mass is 378 g/mol. The molecule has 3 aromatic heterocycles. The summed E-state index contributed by atoms with van der Waals surface area (Å²) in [6.45, 7) is 2.25. The maximum atomic E-state index is 12.7. The van der Waals surface area contributed by atoms with Crippen LogP contribution in [0.1, 0.15) is 17.3 Å². The number of nitrogens with zero attached hydrogens (tertiary/aromatic N) is 4. The number of anilines is 4. The molecule has 3 aromatic rings. The van der Waals surface area contributed by atoms with Gasteiger partial charge in [0.2, 0.25) is 5.95 Å². The number of hydrogen-bond donors (Lipinski definition) is 4. The van der Waals surface area contributed by atoms with Crippen LogP contribution in [0.15, 0.2) is 55.2 Å². The molecule has 3 amide bonds. The fourth-order valence-electron chi connectivity index (χ4n) is 2.22. The van der Waals surface area contributed by atoms with Gasteiger partial charge in [0.15, 0.2) is 0 Å². The second kappa shape index (κ2) is 9.03. The fraction of sp³-hybridized carbons (Fsp3) is 0.111. The van der Waals surface area contributed by atoms with Gasteiger partial charge in [-0.05, 0) is 31.2 Å². The van der Waals surface area contributed by atoms with Crippen molar-refractivity contribution in [1.82, 2.24) is 25.3 Å². The van der Waals surface area contributed by atoms with Crippen molar-refractivity contribution >= 4 is 35.1 Å². The fourth-order valence-corrected chi connectivity index (χ4v) is 2.22. The predicted octanol–water partition coefficient (Wildman–Crippen LogP) is 2.40. The van der Waals surface area contributed by atoms with Gasteiger partial charge in [0.1, 0.15) is 11.4 Å². The Hall–Kier alpha value is -4.08. The molecule has 0 atom stereocenters. The van der Waals surface area contributed by atoms with Crippen molar-refractivity contribution in [3.05, 3.63) is 60.8 Å². The lowest BCUT2D eigenvalue weighted by Gasteiger charge is -2.12. The van der Waals surface area contributed by atoms with Crippen LogP contribution in [-0.2, 0) is 0 Å². The van der Waals surface area contributed by atoms with Crippen molar-refractivity contribution in [2.24, 2.45) is 0 Å². The van der Waals surface area contributed by atoms with E-state index in [0.29, 0.717) is 17.9 Å². The topological polar surface area (TPSA) is 134 Å². The van der Waals surface area contributed by atoms with Crippen molar-refractivity contribution in [2.75, 3.05) is 22.5 Å². The number of carbonyl (C=O) groups is 2. The molecular weight excluding hydrogens is 360 g/mol. The van der Waals surface area contributed by atoms with Gasteiger partial charge < -0.3 is 16.0 Å². The van der Waals surface area contributed by atoms with E-state index in [1.54, 1.807) is 49.8 Å². The molecule has 10 nitrogen and oxygen atoms in total. The zero-order chi connectivity index (χ0) is 19.8. The van der Waals surface area contributed by atoms with Gasteiger partial charge in [0.25, 0.3) is 5.91 Å². The summed E-state index contributed by atoms with van der Waals surface area (Å²) < 4.78 is 0. The number of amides is 3. The lowest BCUT2D eigenvalue weighted by Crippen LogP contribution is -2.29. The van der Waals surface area contributed by atoms with E-state index in [9.17, 15) is 9.59 Å². The minimum absolute atomic E-state index is 0.0512. The van der Waals surface area contributed by atoms with Gasteiger partial charge in [-0.15, -0.1) is 0 Å². The highest BCUT2D eigenvalue weighted by Gasteiger charge is 2.16. The highest BCUT2D eigenvalue weighted by atomic mass is 16.2. The number of pyridine rings is 2. The molecule has 0 radical (unpaired) electrons. The Morgan fingerprint density at radius 3 is 2.32 bits per heavy atom. The number of carbonyl (C=O) groups excluding carboxylic acids is 2. The van der Waals surface area contributed by atoms with E-state index in [-0.39, 0.29) is 17.3 Å². The number of aromatic nitrogens is 4. The summed E-state index contributed by atoms with van der Waals surface area (Å²) in [6.07, 6.45) is 7.68. The lowest BCUT2D eigenvalue weighted by atomic mass is 10.2. The molecule has 0 saturated heterocycles. The van der Waals surface area contributed by atoms with Gasteiger partial charge in [-0.2, -0.15) is 4.98 Å². The first-order chi connectivity index (χ1) is 13.7. The van der Waals surface area contributed by atoms with Crippen molar-refractivity contribution in [3.63, 3.8) is 0 Å². The molecule has 4 N–H and O–H groups in total. The number of rotatable bonds is 6. The molecule has 0 aliphatic carbocycles. The van der Waals surface area contributed by atoms with Crippen molar-refractivity contribution in [2.45, 2.75) is 6.92 Å². The normalized spacial score (nSPS) is 10.0. The average molecular weight is 378 g/mol. The van der Waals surface area contributed by atoms with Gasteiger partial charge in [0.05, 0.1) is 23.8 Å². The maximum absolute atomic E-state index is 12.7. The molecule has 0 aromatic carbocycles. The van der Waals surface area contributed by atoms with Crippen LogP contribution in [0.5, 0.6) is 0 Å². The van der Waals surface area contributed by atoms with Gasteiger partial charge in [-0.25, -0.2) is 9.78 Å². The Bertz CT molecular complexity index is 950. The first-order valence-corrected chi connectivity index (χ1v) is 8.46. The van der Waals surface area contributed by atoms with Crippen molar-refractivity contribution < 1.29 is 9.59 Å². The Morgan fingerprint density at radius 2 is 1.68 bits per heavy atom. The summed E-state index contributed by atoms with van der Waals surface area (Å²) in [5.74, 6) is -0.157. The minimum Gasteiger partial charge on any atom is -0.338 e. The SMILES string of the molecule is CCNC(=O)Nc1ncc(C(=O)Nc2cccnc2)c(Nc2cccnc2)n1. The lowest BCUT2D eigenvalue weighted by molar-refractivity contribution is 0.102. The second-order valence-corrected chi connectivity index (χ2v) is 5.50. The van der Waals surface area contributed by atoms with Crippen LogP contribution in [0, 0.1) is 0 Å². The van der Waals surface area contributed by atoms with E-state index >= 15 is 0 Å². The van der Waals surface area contributed by atoms with Crippen molar-refractivity contribution in [1.29, 1.82) is 0 Å². The van der Waals surface area contributed by atoms with Crippen LogP contribution in [0.4, 0.5) is 27.9 Å². The maximum Gasteiger partial charge on any atom is 0.321 e. The highest BCUT2D eigenvalue weighted by Crippen LogP contribution is 2.20. The van der Waals surface area contributed by atoms with E-state index < -0.39 is 11.9 Å². The molecule has 3 heterocycles. The Morgan fingerprint density at radius 1 is 0.964 bits per heavy atom. The zero-order valence-electron chi connectivity index (χ0n) is 15.0. The Kier molecular flexibility index (Phi) is 6.03. The van der Waals surface area contributed by atoms with E-state index in [1.807, 2.05) is 0 Å². The quantitative estimate of drug-likeness (QED) is 0.517. The van der Waals surface area contributed by atoms with Gasteiger partial charge in [-0.3, -0.25) is 20.1 Å². The van der Waals surface area contributed by atoms with Crippen LogP contribution >= 0.6 is 0 Å². The molecule has 0 spiro atoms. The van der Waals surface area contributed by atoms with Crippen molar-refractivity contribution in [3.8, 4) is 0 Å². The first kappa shape index (κ1) is 18.7. The molecule has 0 fully saturated rings. The third kappa shape index (κ3) is 4.97. The molecular formula is C18H18N8O2. The number of urea groups is 1. The highest BCUT2D eigenvalue weighted by molar-refractivity contribution is 6.07. The van der Waals surface area contributed by atoms with Gasteiger partial charge >= 0.3 is 6.03 Å². The molecule has 0 saturated carbocycles. The second-order valence-electron chi connectivity index (χ2n) is 5.50. The average Bonchev–Trinajstić information content (AvgIpc) is 2.70. The zero-order valence-corrected chi connectivity index (χ0v) is 15.0. The predicted molar refractivity (Wildman–Crippen MR) is 104 cm³/mol. The Labute approximate surface area is 160 Å². The van der Waals surface area contributed by atoms with Crippen LogP contribution in [0.3, 0.4) is 0 Å². The third-order valence-electron chi connectivity index (χ3n) is 3.44. The molecule has 0 unspecified atom stereocenters. The van der Waals surface area contributed by atoms with E-state index in [1.165, 1.54) is 12.4 Å². The number of nitrogens with one attached hydrogen (secondary N) is 4. The Balaban J connectivity index is 1.88. The van der Waals surface area contributed by atoms with E-state index in [4.69, 9.17) is 0 Å². The summed E-state index contributed by atoms with van der Waals surface area (Å²) in [5, 5.41) is 10.9. The van der Waals surface area contributed by atoms with Crippen LogP contribution in [0.2, 0.25) is 0 Å². The summed E-state index contributed by atoms with van der Waals surface area (Å²) >= 11 is 0. The standard InChI is InChI=1S/C18H18N8O2/c1-2-21-18(28)26-17-22-11-14(16(27)24-13-6-4-8-20-10-13)15(25-17)23-12-5-3-7-19-9-12/h3-11H,2H2,1H3,(H,24,27)(H3,21,22,23,25,26,28). The summed E-state index contributed by atoms with van der Waals surface area (Å²) in [7, 11) is 0. The molecule has 10 heteroatoms. The van der Waals surface area contributed by atoms with E-state index in [0.717, 1.165) is 0 Å². The molecule has 0 bridgehead atoms. The molecule has 0 aliphatic rings. The summed E-state index contributed by atoms with van der Waals surface area (Å²) in [6, 6.07) is 6.50. The number of hydrogen-bond acceptors (Lipinski definition) is 7. The molecule has 142 valence electrons. The molecule has 3 rings (SSSR count). The molecule has 0 aliphatic heterocycles.